The van der Waals surface area contributed by atoms with Crippen molar-refractivity contribution >= 4 is 11.9 Å². The summed E-state index contributed by atoms with van der Waals surface area (Å²) < 4.78 is 38.3. The van der Waals surface area contributed by atoms with Crippen LogP contribution < -0.4 is 5.32 Å². The quantitative estimate of drug-likeness (QED) is 0.625. The Morgan fingerprint density at radius 3 is 2.55 bits per heavy atom. The molecule has 0 bridgehead atoms. The van der Waals surface area contributed by atoms with E-state index >= 15 is 0 Å². The van der Waals surface area contributed by atoms with E-state index in [9.17, 15) is 18.0 Å². The zero-order valence-corrected chi connectivity index (χ0v) is 18.3. The molecule has 0 aliphatic carbocycles. The van der Waals surface area contributed by atoms with Crippen LogP contribution in [0.1, 0.15) is 41.3 Å². The highest BCUT2D eigenvalue weighted by Gasteiger charge is 2.34. The number of benzene rings is 1. The number of halogens is 3. The number of piperidine rings is 1. The van der Waals surface area contributed by atoms with Crippen LogP contribution in [0.3, 0.4) is 0 Å². The topological polar surface area (TPSA) is 88.8 Å². The number of hydrogen-bond donors (Lipinski definition) is 1. The third-order valence-corrected chi connectivity index (χ3v) is 5.84. The van der Waals surface area contributed by atoms with E-state index in [0.717, 1.165) is 30.8 Å². The van der Waals surface area contributed by atoms with Gasteiger partial charge in [0, 0.05) is 25.5 Å². The van der Waals surface area contributed by atoms with E-state index in [4.69, 9.17) is 0 Å². The lowest BCUT2D eigenvalue weighted by Crippen LogP contribution is -2.51. The number of likely N-dealkylation sites (tertiary alicyclic amines) is 1. The van der Waals surface area contributed by atoms with Crippen LogP contribution >= 0.6 is 0 Å². The average molecular weight is 459 g/mol. The second kappa shape index (κ2) is 9.16. The number of aryl methyl sites for hydroxylation is 1. The Morgan fingerprint density at radius 1 is 1.18 bits per heavy atom. The second-order valence-corrected chi connectivity index (χ2v) is 8.20. The summed E-state index contributed by atoms with van der Waals surface area (Å²) in [5.41, 5.74) is 1.12. The monoisotopic (exact) mass is 459 g/mol. The minimum Gasteiger partial charge on any atom is -0.352 e. The molecule has 3 aromatic rings. The number of amides is 1. The summed E-state index contributed by atoms with van der Waals surface area (Å²) in [6.07, 6.45) is 1.90. The van der Waals surface area contributed by atoms with Crippen molar-refractivity contribution < 1.29 is 18.0 Å². The first-order chi connectivity index (χ1) is 15.7. The minimum atomic E-state index is -4.49. The van der Waals surface area contributed by atoms with Crippen molar-refractivity contribution in [1.29, 1.82) is 0 Å². The zero-order chi connectivity index (χ0) is 23.6. The molecule has 8 nitrogen and oxygen atoms in total. The third kappa shape index (κ3) is 4.96. The molecule has 174 valence electrons. The molecule has 2 aromatic heterocycles. The van der Waals surface area contributed by atoms with Gasteiger partial charge < -0.3 is 10.2 Å². The first kappa shape index (κ1) is 22.7. The molecule has 1 aliphatic heterocycles. The lowest BCUT2D eigenvalue weighted by molar-refractivity contribution is -0.138. The number of carbonyl (C=O) groups is 1. The Balaban J connectivity index is 1.55. The Kier molecular flexibility index (Phi) is 6.30. The number of carbonyl (C=O) groups excluding carboxylic acids is 1. The smallest absolute Gasteiger partial charge is 0.352 e. The lowest BCUT2D eigenvalue weighted by Gasteiger charge is -2.40. The van der Waals surface area contributed by atoms with Gasteiger partial charge in [-0.05, 0) is 37.8 Å². The van der Waals surface area contributed by atoms with Gasteiger partial charge in [0.2, 0.25) is 5.95 Å². The molecule has 3 heterocycles. The molecule has 2 atom stereocenters. The molecule has 0 radical (unpaired) electrons. The van der Waals surface area contributed by atoms with E-state index in [1.807, 2.05) is 30.0 Å². The molecule has 1 fully saturated rings. The number of hydrogen-bond acceptors (Lipinski definition) is 6. The van der Waals surface area contributed by atoms with Crippen LogP contribution in [0.25, 0.3) is 5.69 Å². The SMILES string of the molecule is Cc1ccc(-n2nccn2)c(C(=O)N2CCCC(C)[C@H]2CNc2ncc(C(F)(F)F)cn2)c1. The number of nitrogens with one attached hydrogen (secondary N) is 1. The predicted octanol–water partition coefficient (Wildman–Crippen LogP) is 3.74. The van der Waals surface area contributed by atoms with Crippen molar-refractivity contribution in [1.82, 2.24) is 29.9 Å². The van der Waals surface area contributed by atoms with Crippen LogP contribution in [0.15, 0.2) is 43.0 Å². The Labute approximate surface area is 188 Å². The maximum Gasteiger partial charge on any atom is 0.419 e. The largest absolute Gasteiger partial charge is 0.419 e. The van der Waals surface area contributed by atoms with Crippen LogP contribution in [0, 0.1) is 12.8 Å². The highest BCUT2D eigenvalue weighted by atomic mass is 19.4. The summed E-state index contributed by atoms with van der Waals surface area (Å²) in [7, 11) is 0. The number of rotatable bonds is 5. The molecule has 1 saturated heterocycles. The Bertz CT molecular complexity index is 1100. The van der Waals surface area contributed by atoms with E-state index in [2.05, 4.69) is 32.4 Å². The summed E-state index contributed by atoms with van der Waals surface area (Å²) in [5, 5.41) is 11.3. The Morgan fingerprint density at radius 2 is 1.88 bits per heavy atom. The molecule has 0 spiro atoms. The molecule has 1 unspecified atom stereocenters. The van der Waals surface area contributed by atoms with Gasteiger partial charge in [-0.2, -0.15) is 28.2 Å². The fourth-order valence-corrected chi connectivity index (χ4v) is 4.06. The molecule has 1 aliphatic rings. The predicted molar refractivity (Wildman–Crippen MR) is 115 cm³/mol. The van der Waals surface area contributed by atoms with E-state index < -0.39 is 11.7 Å². The van der Waals surface area contributed by atoms with Crippen LogP contribution in [-0.4, -0.2) is 54.9 Å². The molecule has 4 rings (SSSR count). The van der Waals surface area contributed by atoms with E-state index in [0.29, 0.717) is 24.3 Å². The van der Waals surface area contributed by atoms with Crippen molar-refractivity contribution in [3.63, 3.8) is 0 Å². The van der Waals surface area contributed by atoms with Crippen LogP contribution in [0.2, 0.25) is 0 Å². The molecule has 11 heteroatoms. The number of alkyl halides is 3. The van der Waals surface area contributed by atoms with E-state index in [-0.39, 0.29) is 23.8 Å². The summed E-state index contributed by atoms with van der Waals surface area (Å²) in [6, 6.07) is 5.36. The highest BCUT2D eigenvalue weighted by Crippen LogP contribution is 2.29. The molecular weight excluding hydrogens is 435 g/mol. The van der Waals surface area contributed by atoms with Gasteiger partial charge in [-0.3, -0.25) is 4.79 Å². The second-order valence-electron chi connectivity index (χ2n) is 8.20. The molecule has 33 heavy (non-hydrogen) atoms. The lowest BCUT2D eigenvalue weighted by atomic mass is 9.90. The van der Waals surface area contributed by atoms with Crippen molar-refractivity contribution in [3.8, 4) is 5.69 Å². The van der Waals surface area contributed by atoms with Gasteiger partial charge >= 0.3 is 6.18 Å². The van der Waals surface area contributed by atoms with Crippen molar-refractivity contribution in [3.05, 3.63) is 59.7 Å². The van der Waals surface area contributed by atoms with Gasteiger partial charge in [0.05, 0.1) is 35.2 Å². The average Bonchev–Trinajstić information content (AvgIpc) is 3.32. The molecular formula is C22H24F3N7O. The molecule has 1 aromatic carbocycles. The van der Waals surface area contributed by atoms with Gasteiger partial charge in [0.15, 0.2) is 0 Å². The normalized spacial score (nSPS) is 18.9. The van der Waals surface area contributed by atoms with Crippen LogP contribution in [-0.2, 0) is 6.18 Å². The number of nitrogens with zero attached hydrogens (tertiary/aromatic N) is 6. The van der Waals surface area contributed by atoms with E-state index in [1.54, 1.807) is 12.4 Å². The summed E-state index contributed by atoms with van der Waals surface area (Å²) in [5.74, 6) is 0.128. The summed E-state index contributed by atoms with van der Waals surface area (Å²) in [6.45, 7) is 4.87. The molecule has 1 N–H and O–H groups in total. The standard InChI is InChI=1S/C22H24F3N7O/c1-14-5-6-18(32-29-7-8-30-32)17(10-14)20(33)31-9-3-4-15(2)19(31)13-28-21-26-11-16(12-27-21)22(23,24)25/h5-8,10-12,15,19H,3-4,9,13H2,1-2H3,(H,26,27,28)/t15?,19-/m1/s1. The molecule has 1 amide bonds. The summed E-state index contributed by atoms with van der Waals surface area (Å²) >= 11 is 0. The van der Waals surface area contributed by atoms with Gasteiger partial charge in [0.25, 0.3) is 5.91 Å². The first-order valence-corrected chi connectivity index (χ1v) is 10.7. The van der Waals surface area contributed by atoms with Gasteiger partial charge in [-0.25, -0.2) is 9.97 Å². The van der Waals surface area contributed by atoms with Crippen LogP contribution in [0.4, 0.5) is 19.1 Å². The van der Waals surface area contributed by atoms with Crippen molar-refractivity contribution in [2.45, 2.75) is 38.9 Å². The van der Waals surface area contributed by atoms with Gasteiger partial charge in [0.1, 0.15) is 0 Å². The van der Waals surface area contributed by atoms with Gasteiger partial charge in [-0.1, -0.05) is 18.6 Å². The van der Waals surface area contributed by atoms with Crippen molar-refractivity contribution in [2.24, 2.45) is 5.92 Å². The minimum absolute atomic E-state index is 0.0881. The number of anilines is 1. The zero-order valence-electron chi connectivity index (χ0n) is 18.3. The van der Waals surface area contributed by atoms with Gasteiger partial charge in [-0.15, -0.1) is 0 Å². The first-order valence-electron chi connectivity index (χ1n) is 10.7. The number of aromatic nitrogens is 5. The van der Waals surface area contributed by atoms with Crippen molar-refractivity contribution in [2.75, 3.05) is 18.4 Å². The maximum absolute atomic E-state index is 13.7. The third-order valence-electron chi connectivity index (χ3n) is 5.84. The fraction of sp³-hybridized carbons (Fsp3) is 0.409. The fourth-order valence-electron chi connectivity index (χ4n) is 4.06. The highest BCUT2D eigenvalue weighted by molar-refractivity contribution is 5.98. The Hall–Kier alpha value is -3.50. The molecule has 0 saturated carbocycles. The van der Waals surface area contributed by atoms with E-state index in [1.165, 1.54) is 4.80 Å². The van der Waals surface area contributed by atoms with Crippen LogP contribution in [0.5, 0.6) is 0 Å². The maximum atomic E-state index is 13.7. The summed E-state index contributed by atoms with van der Waals surface area (Å²) in [4.78, 5) is 24.4.